The van der Waals surface area contributed by atoms with E-state index in [4.69, 9.17) is 37.9 Å². The van der Waals surface area contributed by atoms with E-state index in [1.807, 2.05) is 48.5 Å². The lowest BCUT2D eigenvalue weighted by Crippen LogP contribution is -2.19. The second-order valence-electron chi connectivity index (χ2n) is 13.6. The van der Waals surface area contributed by atoms with Gasteiger partial charge < -0.3 is 37.9 Å². The number of ether oxygens (including phenoxy) is 8. The Kier molecular flexibility index (Phi) is 8.74. The van der Waals surface area contributed by atoms with Crippen LogP contribution in [0.25, 0.3) is 0 Å². The Morgan fingerprint density at radius 1 is 0.500 bits per heavy atom. The van der Waals surface area contributed by atoms with Crippen LogP contribution in [0.15, 0.2) is 97.1 Å². The summed E-state index contributed by atoms with van der Waals surface area (Å²) in [6, 6.07) is 33.2. The van der Waals surface area contributed by atoms with Crippen LogP contribution >= 0.6 is 0 Å². The highest BCUT2D eigenvalue weighted by Gasteiger charge is 2.57. The van der Waals surface area contributed by atoms with Crippen molar-refractivity contribution in [1.29, 1.82) is 0 Å². The predicted molar refractivity (Wildman–Crippen MR) is 179 cm³/mol. The third kappa shape index (κ3) is 7.96. The molecule has 4 aromatic carbocycles. The summed E-state index contributed by atoms with van der Waals surface area (Å²) in [7, 11) is 0. The second-order valence-corrected chi connectivity index (χ2v) is 13.6. The van der Waals surface area contributed by atoms with Crippen molar-refractivity contribution in [2.45, 2.75) is 62.3 Å². The van der Waals surface area contributed by atoms with E-state index in [1.165, 1.54) is 22.3 Å². The van der Waals surface area contributed by atoms with Crippen molar-refractivity contribution in [2.24, 2.45) is 0 Å². The van der Waals surface area contributed by atoms with Gasteiger partial charge in [-0.2, -0.15) is 0 Å². The lowest BCUT2D eigenvalue weighted by molar-refractivity contribution is 0.250. The van der Waals surface area contributed by atoms with Crippen LogP contribution in [0.1, 0.15) is 36.1 Å². The van der Waals surface area contributed by atoms with Crippen molar-refractivity contribution >= 4 is 0 Å². The highest BCUT2D eigenvalue weighted by Crippen LogP contribution is 2.39. The third-order valence-electron chi connectivity index (χ3n) is 9.48. The molecule has 8 nitrogen and oxygen atoms in total. The summed E-state index contributed by atoms with van der Waals surface area (Å²) < 4.78 is 45.8. The molecule has 4 aliphatic heterocycles. The van der Waals surface area contributed by atoms with E-state index in [0.29, 0.717) is 26.4 Å². The van der Waals surface area contributed by atoms with Gasteiger partial charge in [0, 0.05) is 5.41 Å². The van der Waals surface area contributed by atoms with Crippen LogP contribution in [0.4, 0.5) is 0 Å². The first kappa shape index (κ1) is 31.2. The first-order valence-corrected chi connectivity index (χ1v) is 16.9. The minimum absolute atomic E-state index is 0.0375. The number of epoxide rings is 4. The lowest BCUT2D eigenvalue weighted by atomic mass is 9.78. The first-order valence-electron chi connectivity index (χ1n) is 16.9. The Morgan fingerprint density at radius 3 is 1.19 bits per heavy atom. The zero-order chi connectivity index (χ0) is 32.5. The summed E-state index contributed by atoms with van der Waals surface area (Å²) in [6.45, 7) is 8.31. The largest absolute Gasteiger partial charge is 0.491 e. The van der Waals surface area contributed by atoms with E-state index in [-0.39, 0.29) is 42.0 Å². The molecule has 0 bridgehead atoms. The maximum Gasteiger partial charge on any atom is 0.121 e. The summed E-state index contributed by atoms with van der Waals surface area (Å²) in [6.07, 6.45) is 1.57. The van der Waals surface area contributed by atoms with Crippen molar-refractivity contribution < 1.29 is 37.9 Å². The van der Waals surface area contributed by atoms with Gasteiger partial charge in [0.2, 0.25) is 0 Å². The highest BCUT2D eigenvalue weighted by atomic mass is 16.7. The van der Waals surface area contributed by atoms with Crippen molar-refractivity contribution in [3.8, 4) is 23.0 Å². The van der Waals surface area contributed by atoms with Gasteiger partial charge in [0.1, 0.15) is 86.0 Å². The Labute approximate surface area is 281 Å². The molecule has 4 fully saturated rings. The molecule has 8 heteroatoms. The van der Waals surface area contributed by atoms with Gasteiger partial charge in [-0.15, -0.1) is 0 Å². The average Bonchev–Trinajstić information content (AvgIpc) is 3.91. The predicted octanol–water partition coefficient (Wildman–Crippen LogP) is 6.15. The van der Waals surface area contributed by atoms with Gasteiger partial charge in [-0.1, -0.05) is 62.4 Å². The van der Waals surface area contributed by atoms with Gasteiger partial charge in [0.25, 0.3) is 0 Å². The maximum atomic E-state index is 6.07. The van der Waals surface area contributed by atoms with Gasteiger partial charge in [0.15, 0.2) is 0 Å². The monoisotopic (exact) mass is 650 g/mol. The van der Waals surface area contributed by atoms with Gasteiger partial charge in [-0.3, -0.25) is 0 Å². The van der Waals surface area contributed by atoms with Crippen LogP contribution in [0.3, 0.4) is 0 Å². The van der Waals surface area contributed by atoms with Crippen LogP contribution < -0.4 is 18.9 Å². The Hall–Kier alpha value is -4.08. The Morgan fingerprint density at radius 2 is 0.833 bits per heavy atom. The molecule has 4 aromatic rings. The second kappa shape index (κ2) is 13.4. The van der Waals surface area contributed by atoms with Crippen LogP contribution in [0.5, 0.6) is 23.0 Å². The van der Waals surface area contributed by atoms with E-state index in [1.54, 1.807) is 0 Å². The molecule has 6 atom stereocenters. The Balaban J connectivity index is 0.736. The summed E-state index contributed by atoms with van der Waals surface area (Å²) in [5.74, 6) is 3.42. The fourth-order valence-corrected chi connectivity index (χ4v) is 5.97. The van der Waals surface area contributed by atoms with Crippen LogP contribution in [0, 0.1) is 0 Å². The summed E-state index contributed by atoms with van der Waals surface area (Å²) in [5, 5.41) is 0. The number of hydrogen-bond donors (Lipinski definition) is 0. The van der Waals surface area contributed by atoms with E-state index in [2.05, 4.69) is 62.4 Å². The number of benzene rings is 4. The third-order valence-corrected chi connectivity index (χ3v) is 9.48. The minimum Gasteiger partial charge on any atom is -0.491 e. The van der Waals surface area contributed by atoms with Crippen molar-refractivity contribution in [3.05, 3.63) is 119 Å². The van der Waals surface area contributed by atoms with E-state index in [0.717, 1.165) is 42.6 Å². The van der Waals surface area contributed by atoms with E-state index < -0.39 is 0 Å². The van der Waals surface area contributed by atoms with Crippen LogP contribution in [-0.4, -0.2) is 76.3 Å². The molecule has 0 saturated carbocycles. The molecule has 250 valence electrons. The summed E-state index contributed by atoms with van der Waals surface area (Å²) in [4.78, 5) is 0. The SMILES string of the molecule is CC(C)(c1ccc(OCC2CO2)cc1)c1ccc(OCC2OC2C2OC2COc2ccc(Cc3ccc(OCC4CO4)cc3)cc2)cc1. The topological polar surface area (TPSA) is 87.0 Å². The van der Waals surface area contributed by atoms with Gasteiger partial charge in [-0.05, 0) is 77.2 Å². The molecule has 0 amide bonds. The molecule has 48 heavy (non-hydrogen) atoms. The molecule has 4 aliphatic rings. The fraction of sp³-hybridized carbons (Fsp3) is 0.400. The van der Waals surface area contributed by atoms with Crippen molar-refractivity contribution in [2.75, 3.05) is 39.6 Å². The first-order chi connectivity index (χ1) is 23.5. The van der Waals surface area contributed by atoms with Crippen LogP contribution in [0.2, 0.25) is 0 Å². The summed E-state index contributed by atoms with van der Waals surface area (Å²) >= 11 is 0. The van der Waals surface area contributed by atoms with Crippen molar-refractivity contribution in [3.63, 3.8) is 0 Å². The molecular weight excluding hydrogens is 608 g/mol. The molecular formula is C40H42O8. The normalized spacial score (nSPS) is 25.2. The number of rotatable bonds is 17. The van der Waals surface area contributed by atoms with E-state index >= 15 is 0 Å². The highest BCUT2D eigenvalue weighted by molar-refractivity contribution is 5.42. The molecule has 8 rings (SSSR count). The van der Waals surface area contributed by atoms with Gasteiger partial charge in [-0.25, -0.2) is 0 Å². The fourth-order valence-electron chi connectivity index (χ4n) is 5.97. The molecule has 0 radical (unpaired) electrons. The van der Waals surface area contributed by atoms with E-state index in [9.17, 15) is 0 Å². The zero-order valence-corrected chi connectivity index (χ0v) is 27.4. The summed E-state index contributed by atoms with van der Waals surface area (Å²) in [5.41, 5.74) is 4.75. The molecule has 0 N–H and O–H groups in total. The smallest absolute Gasteiger partial charge is 0.121 e. The maximum absolute atomic E-state index is 6.07. The van der Waals surface area contributed by atoms with Gasteiger partial charge >= 0.3 is 0 Å². The lowest BCUT2D eigenvalue weighted by Gasteiger charge is -2.26. The molecule has 4 saturated heterocycles. The molecule has 4 heterocycles. The molecule has 0 aliphatic carbocycles. The minimum atomic E-state index is -0.155. The number of hydrogen-bond acceptors (Lipinski definition) is 8. The molecule has 6 unspecified atom stereocenters. The molecule has 0 aromatic heterocycles. The standard InChI is InChI=1S/C40H42O8/c1-40(2,28-7-15-32(16-8-28)42-21-35-23-44-35)29-9-17-33(18-10-29)46-25-37-39(48-37)38-36(47-38)24-45-31-13-5-27(6-14-31)19-26-3-11-30(12-4-26)41-20-34-22-43-34/h3-18,34-39H,19-25H2,1-2H3. The van der Waals surface area contributed by atoms with Crippen LogP contribution in [-0.2, 0) is 30.8 Å². The quantitative estimate of drug-likeness (QED) is 0.126. The zero-order valence-electron chi connectivity index (χ0n) is 27.4. The Bertz CT molecular complexity index is 1640. The average molecular weight is 651 g/mol. The van der Waals surface area contributed by atoms with Gasteiger partial charge in [0.05, 0.1) is 13.2 Å². The van der Waals surface area contributed by atoms with Crippen molar-refractivity contribution in [1.82, 2.24) is 0 Å². The molecule has 0 spiro atoms.